The van der Waals surface area contributed by atoms with E-state index in [0.717, 1.165) is 22.8 Å². The molecule has 2 heterocycles. The molecule has 2 aromatic carbocycles. The highest BCUT2D eigenvalue weighted by Crippen LogP contribution is 2.47. The number of hydrogen-bond acceptors (Lipinski definition) is 3. The molecular formula is C21H21N2OS+. The zero-order valence-electron chi connectivity index (χ0n) is 14.7. The van der Waals surface area contributed by atoms with E-state index < -0.39 is 0 Å². The number of nitrogens with zero attached hydrogens (tertiary/aromatic N) is 2. The Kier molecular flexibility index (Phi) is 3.92. The highest BCUT2D eigenvalue weighted by molar-refractivity contribution is 8.03. The van der Waals surface area contributed by atoms with Crippen molar-refractivity contribution in [2.75, 3.05) is 11.4 Å². The molecule has 0 amide bonds. The number of aromatic nitrogens is 1. The van der Waals surface area contributed by atoms with E-state index in [1.54, 1.807) is 17.8 Å². The van der Waals surface area contributed by atoms with Crippen molar-refractivity contribution in [2.24, 2.45) is 7.05 Å². The van der Waals surface area contributed by atoms with Crippen molar-refractivity contribution < 1.29 is 9.67 Å². The number of pyridine rings is 1. The van der Waals surface area contributed by atoms with E-state index in [1.165, 1.54) is 21.5 Å². The smallest absolute Gasteiger partial charge is 0.212 e. The molecule has 4 heteroatoms. The van der Waals surface area contributed by atoms with Gasteiger partial charge in [0, 0.05) is 35.0 Å². The third kappa shape index (κ3) is 2.76. The fraction of sp³-hybridized carbons (Fsp3) is 0.190. The van der Waals surface area contributed by atoms with Crippen molar-refractivity contribution in [2.45, 2.75) is 18.7 Å². The summed E-state index contributed by atoms with van der Waals surface area (Å²) in [5.74, 6) is 0.315. The normalized spacial score (nSPS) is 15.2. The maximum Gasteiger partial charge on any atom is 0.212 e. The van der Waals surface area contributed by atoms with Crippen LogP contribution in [0.1, 0.15) is 18.2 Å². The van der Waals surface area contributed by atoms with Crippen LogP contribution < -0.4 is 9.47 Å². The molecule has 0 saturated heterocycles. The van der Waals surface area contributed by atoms with Gasteiger partial charge in [0.15, 0.2) is 0 Å². The van der Waals surface area contributed by atoms with Crippen molar-refractivity contribution in [3.8, 4) is 5.75 Å². The lowest BCUT2D eigenvalue weighted by atomic mass is 10.1. The lowest BCUT2D eigenvalue weighted by Gasteiger charge is -2.17. The Hall–Kier alpha value is -2.46. The number of hydrogen-bond donors (Lipinski definition) is 1. The first-order chi connectivity index (χ1) is 12.1. The first-order valence-electron chi connectivity index (χ1n) is 8.46. The summed E-state index contributed by atoms with van der Waals surface area (Å²) in [6, 6.07) is 16.5. The number of thioether (sulfide) groups is 1. The van der Waals surface area contributed by atoms with Crippen LogP contribution in [0.15, 0.2) is 58.5 Å². The Bertz CT molecular complexity index is 1010. The van der Waals surface area contributed by atoms with Crippen LogP contribution in [0, 0.1) is 6.92 Å². The molecule has 1 aliphatic heterocycles. The Morgan fingerprint density at radius 3 is 2.76 bits per heavy atom. The largest absolute Gasteiger partial charge is 0.508 e. The Balaban J connectivity index is 1.80. The fourth-order valence-corrected chi connectivity index (χ4v) is 4.54. The van der Waals surface area contributed by atoms with E-state index in [0.29, 0.717) is 5.75 Å². The van der Waals surface area contributed by atoms with Crippen molar-refractivity contribution in [3.05, 3.63) is 64.8 Å². The second-order valence-corrected chi connectivity index (χ2v) is 7.42. The van der Waals surface area contributed by atoms with Crippen LogP contribution in [0.25, 0.3) is 17.0 Å². The highest BCUT2D eigenvalue weighted by atomic mass is 32.2. The van der Waals surface area contributed by atoms with Gasteiger partial charge in [-0.25, -0.2) is 0 Å². The zero-order chi connectivity index (χ0) is 17.6. The van der Waals surface area contributed by atoms with Crippen LogP contribution in [-0.4, -0.2) is 11.7 Å². The molecule has 4 rings (SSSR count). The maximum atomic E-state index is 9.76. The molecule has 25 heavy (non-hydrogen) atoms. The third-order valence-corrected chi connectivity index (χ3v) is 5.76. The average molecular weight is 349 g/mol. The number of phenolic OH excluding ortho intramolecular Hbond substituents is 1. The van der Waals surface area contributed by atoms with Crippen LogP contribution in [-0.2, 0) is 7.05 Å². The van der Waals surface area contributed by atoms with E-state index in [4.69, 9.17) is 0 Å². The number of aryl methyl sites for hydroxylation is 2. The van der Waals surface area contributed by atoms with E-state index in [1.807, 2.05) is 12.1 Å². The summed E-state index contributed by atoms with van der Waals surface area (Å²) in [5, 5.41) is 12.2. The number of aromatic hydroxyl groups is 1. The summed E-state index contributed by atoms with van der Waals surface area (Å²) in [4.78, 5) is 3.39. The van der Waals surface area contributed by atoms with E-state index in [-0.39, 0.29) is 0 Å². The fourth-order valence-electron chi connectivity index (χ4n) is 3.34. The van der Waals surface area contributed by atoms with E-state index in [2.05, 4.69) is 66.8 Å². The van der Waals surface area contributed by atoms with Crippen LogP contribution in [0.2, 0.25) is 0 Å². The molecule has 0 spiro atoms. The standard InChI is InChI=1S/C21H20N2OS/c1-4-23-19-10-8-17(24)13-20(19)25-21(23)12-16-7-6-15-11-14(2)5-9-18(15)22(16)3/h5-13H,4H2,1-3H3/p+1. The SMILES string of the molecule is CCN1/C(=C/c2ccc3cc(C)ccc3[n+]2C)Sc2cc(O)ccc21. The zero-order valence-corrected chi connectivity index (χ0v) is 15.5. The molecule has 3 nitrogen and oxygen atoms in total. The Morgan fingerprint density at radius 2 is 1.96 bits per heavy atom. The summed E-state index contributed by atoms with van der Waals surface area (Å²) in [5.41, 5.74) is 4.82. The molecule has 0 fully saturated rings. The summed E-state index contributed by atoms with van der Waals surface area (Å²) in [7, 11) is 2.11. The molecule has 0 radical (unpaired) electrons. The number of benzene rings is 2. The predicted molar refractivity (Wildman–Crippen MR) is 105 cm³/mol. The molecule has 126 valence electrons. The molecule has 1 N–H and O–H groups in total. The number of phenols is 1. The van der Waals surface area contributed by atoms with Gasteiger partial charge in [-0.15, -0.1) is 0 Å². The van der Waals surface area contributed by atoms with Crippen molar-refractivity contribution in [1.29, 1.82) is 0 Å². The van der Waals surface area contributed by atoms with Gasteiger partial charge in [-0.05, 0) is 44.2 Å². The van der Waals surface area contributed by atoms with Gasteiger partial charge < -0.3 is 10.0 Å². The molecule has 0 saturated carbocycles. The van der Waals surface area contributed by atoms with E-state index in [9.17, 15) is 5.11 Å². The molecule has 0 aliphatic carbocycles. The first kappa shape index (κ1) is 16.0. The van der Waals surface area contributed by atoms with Crippen LogP contribution >= 0.6 is 11.8 Å². The van der Waals surface area contributed by atoms with Gasteiger partial charge in [0.05, 0.1) is 10.7 Å². The van der Waals surface area contributed by atoms with Crippen molar-refractivity contribution >= 4 is 34.4 Å². The summed E-state index contributed by atoms with van der Waals surface area (Å²) in [6.45, 7) is 5.17. The topological polar surface area (TPSA) is 27.4 Å². The summed E-state index contributed by atoms with van der Waals surface area (Å²) in [6.07, 6.45) is 2.23. The lowest BCUT2D eigenvalue weighted by molar-refractivity contribution is -0.646. The van der Waals surface area contributed by atoms with Gasteiger partial charge in [-0.2, -0.15) is 4.57 Å². The molecule has 0 bridgehead atoms. The highest BCUT2D eigenvalue weighted by Gasteiger charge is 2.25. The monoisotopic (exact) mass is 349 g/mol. The van der Waals surface area contributed by atoms with Gasteiger partial charge in [-0.1, -0.05) is 23.4 Å². The van der Waals surface area contributed by atoms with Crippen molar-refractivity contribution in [1.82, 2.24) is 0 Å². The van der Waals surface area contributed by atoms with Crippen LogP contribution in [0.3, 0.4) is 0 Å². The average Bonchev–Trinajstić information content (AvgIpc) is 2.93. The molecule has 3 aromatic rings. The lowest BCUT2D eigenvalue weighted by Crippen LogP contribution is -2.33. The van der Waals surface area contributed by atoms with Gasteiger partial charge in [0.25, 0.3) is 0 Å². The maximum absolute atomic E-state index is 9.76. The minimum Gasteiger partial charge on any atom is -0.508 e. The van der Waals surface area contributed by atoms with Gasteiger partial charge in [-0.3, -0.25) is 0 Å². The van der Waals surface area contributed by atoms with Crippen LogP contribution in [0.4, 0.5) is 5.69 Å². The molecule has 1 aliphatic rings. The molecular weight excluding hydrogens is 328 g/mol. The molecule has 0 unspecified atom stereocenters. The summed E-state index contributed by atoms with van der Waals surface area (Å²) >= 11 is 1.71. The predicted octanol–water partition coefficient (Wildman–Crippen LogP) is 4.61. The Morgan fingerprint density at radius 1 is 1.12 bits per heavy atom. The Labute approximate surface area is 152 Å². The first-order valence-corrected chi connectivity index (χ1v) is 9.28. The second-order valence-electron chi connectivity index (χ2n) is 6.36. The molecule has 0 atom stereocenters. The van der Waals surface area contributed by atoms with Gasteiger partial charge in [0.1, 0.15) is 12.8 Å². The molecule has 1 aromatic heterocycles. The summed E-state index contributed by atoms with van der Waals surface area (Å²) < 4.78 is 2.23. The van der Waals surface area contributed by atoms with Gasteiger partial charge >= 0.3 is 0 Å². The number of fused-ring (bicyclic) bond motifs is 2. The second kappa shape index (κ2) is 6.12. The van der Waals surface area contributed by atoms with Crippen molar-refractivity contribution in [3.63, 3.8) is 0 Å². The van der Waals surface area contributed by atoms with Gasteiger partial charge in [0.2, 0.25) is 11.2 Å². The minimum absolute atomic E-state index is 0.315. The van der Waals surface area contributed by atoms with Crippen LogP contribution in [0.5, 0.6) is 5.75 Å². The minimum atomic E-state index is 0.315. The quantitative estimate of drug-likeness (QED) is 0.685. The number of rotatable bonds is 2. The number of anilines is 1. The van der Waals surface area contributed by atoms with E-state index >= 15 is 0 Å². The third-order valence-electron chi connectivity index (χ3n) is 4.67.